The third-order valence-electron chi connectivity index (χ3n) is 3.71. The normalized spacial score (nSPS) is 18.9. The molecule has 0 bridgehead atoms. The van der Waals surface area contributed by atoms with Crippen molar-refractivity contribution in [3.05, 3.63) is 29.8 Å². The maximum atomic E-state index is 12.2. The average Bonchev–Trinajstić information content (AvgIpc) is 2.50. The van der Waals surface area contributed by atoms with E-state index >= 15 is 0 Å². The molecule has 0 aromatic heterocycles. The molecule has 2 N–H and O–H groups in total. The van der Waals surface area contributed by atoms with Gasteiger partial charge in [0, 0.05) is 13.1 Å². The third kappa shape index (κ3) is 7.14. The molecule has 0 spiro atoms. The molecule has 0 aliphatic carbocycles. The number of halogens is 4. The molecule has 1 aliphatic rings. The minimum absolute atomic E-state index is 0. The Kier molecular flexibility index (Phi) is 8.11. The van der Waals surface area contributed by atoms with Gasteiger partial charge in [-0.2, -0.15) is 13.2 Å². The predicted molar refractivity (Wildman–Crippen MR) is 98.7 cm³/mol. The fraction of sp³-hybridized carbons (Fsp3) is 0.562. The molecule has 1 heterocycles. The minimum Gasteiger partial charge on any atom is -0.484 e. The van der Waals surface area contributed by atoms with E-state index in [0.29, 0.717) is 18.4 Å². The number of rotatable bonds is 4. The fourth-order valence-electron chi connectivity index (χ4n) is 2.57. The van der Waals surface area contributed by atoms with Crippen LogP contribution in [0.4, 0.5) is 13.2 Å². The van der Waals surface area contributed by atoms with Crippen LogP contribution in [0.1, 0.15) is 25.3 Å². The number of alkyl halides is 3. The first-order chi connectivity index (χ1) is 10.8. The first kappa shape index (κ1) is 20.9. The van der Waals surface area contributed by atoms with Crippen molar-refractivity contribution in [1.29, 1.82) is 0 Å². The van der Waals surface area contributed by atoms with Gasteiger partial charge in [-0.3, -0.25) is 0 Å². The van der Waals surface area contributed by atoms with E-state index in [2.05, 4.69) is 16.8 Å². The summed E-state index contributed by atoms with van der Waals surface area (Å²) in [6.45, 7) is 2.99. The summed E-state index contributed by atoms with van der Waals surface area (Å²) in [6.07, 6.45) is -2.05. The summed E-state index contributed by atoms with van der Waals surface area (Å²) >= 11 is 0. The van der Waals surface area contributed by atoms with Gasteiger partial charge >= 0.3 is 6.18 Å². The van der Waals surface area contributed by atoms with E-state index in [9.17, 15) is 13.2 Å². The Hall–Kier alpha value is -1.19. The lowest BCUT2D eigenvalue weighted by Gasteiger charge is -2.31. The molecule has 24 heavy (non-hydrogen) atoms. The number of nitrogens with two attached hydrogens (primary N) is 1. The minimum atomic E-state index is -4.34. The zero-order chi connectivity index (χ0) is 16.9. The van der Waals surface area contributed by atoms with Crippen LogP contribution < -0.4 is 10.5 Å². The van der Waals surface area contributed by atoms with E-state index in [-0.39, 0.29) is 29.7 Å². The first-order valence-electron chi connectivity index (χ1n) is 7.67. The highest BCUT2D eigenvalue weighted by Crippen LogP contribution is 2.20. The van der Waals surface area contributed by atoms with Crippen molar-refractivity contribution in [3.8, 4) is 5.75 Å². The number of ether oxygens (including phenoxy) is 1. The van der Waals surface area contributed by atoms with Crippen LogP contribution in [0.15, 0.2) is 29.3 Å². The maximum absolute atomic E-state index is 12.2. The maximum Gasteiger partial charge on any atom is 0.422 e. The molecule has 8 heteroatoms. The molecule has 0 saturated carbocycles. The number of nitrogens with zero attached hydrogens (tertiary/aromatic N) is 2. The van der Waals surface area contributed by atoms with Gasteiger partial charge in [0.25, 0.3) is 0 Å². The standard InChI is InChI=1S/C16H22F3N3O.HI/c1-12-4-3-7-22(10-12)15(20)21-9-13-5-2-6-14(8-13)23-11-16(17,18)19;/h2,5-6,8,12H,3-4,7,9-11H2,1H3,(H2,20,21);1H. The van der Waals surface area contributed by atoms with Crippen molar-refractivity contribution in [2.45, 2.75) is 32.5 Å². The Bertz CT molecular complexity index is 552. The quantitative estimate of drug-likeness (QED) is 0.426. The van der Waals surface area contributed by atoms with Gasteiger partial charge in [0.05, 0.1) is 6.54 Å². The summed E-state index contributed by atoms with van der Waals surface area (Å²) in [5.41, 5.74) is 6.77. The van der Waals surface area contributed by atoms with Crippen LogP contribution in [0.25, 0.3) is 0 Å². The van der Waals surface area contributed by atoms with Crippen LogP contribution in [0, 0.1) is 5.92 Å². The first-order valence-corrected chi connectivity index (χ1v) is 7.67. The molecule has 1 aromatic carbocycles. The van der Waals surface area contributed by atoms with Crippen LogP contribution >= 0.6 is 24.0 Å². The van der Waals surface area contributed by atoms with Gasteiger partial charge in [-0.15, -0.1) is 24.0 Å². The van der Waals surface area contributed by atoms with E-state index < -0.39 is 12.8 Å². The summed E-state index contributed by atoms with van der Waals surface area (Å²) in [4.78, 5) is 6.40. The van der Waals surface area contributed by atoms with Gasteiger partial charge in [0.1, 0.15) is 5.75 Å². The Morgan fingerprint density at radius 1 is 1.42 bits per heavy atom. The lowest BCUT2D eigenvalue weighted by atomic mass is 10.0. The van der Waals surface area contributed by atoms with Gasteiger partial charge in [-0.05, 0) is 36.5 Å². The molecule has 136 valence electrons. The Morgan fingerprint density at radius 2 is 2.17 bits per heavy atom. The molecule has 1 aromatic rings. The highest BCUT2D eigenvalue weighted by atomic mass is 127. The zero-order valence-electron chi connectivity index (χ0n) is 13.6. The number of benzene rings is 1. The molecular weight excluding hydrogens is 434 g/mol. The van der Waals surface area contributed by atoms with Crippen LogP contribution in [0.3, 0.4) is 0 Å². The van der Waals surface area contributed by atoms with Gasteiger partial charge in [0.2, 0.25) is 0 Å². The van der Waals surface area contributed by atoms with Crippen LogP contribution in [-0.2, 0) is 6.54 Å². The van der Waals surface area contributed by atoms with E-state index in [4.69, 9.17) is 10.5 Å². The number of aliphatic imine (C=N–C) groups is 1. The smallest absolute Gasteiger partial charge is 0.422 e. The molecule has 1 saturated heterocycles. The molecule has 1 unspecified atom stereocenters. The second kappa shape index (κ2) is 9.33. The number of hydrogen-bond donors (Lipinski definition) is 1. The number of guanidine groups is 1. The van der Waals surface area contributed by atoms with Crippen molar-refractivity contribution >= 4 is 29.9 Å². The summed E-state index contributed by atoms with van der Waals surface area (Å²) in [7, 11) is 0. The lowest BCUT2D eigenvalue weighted by molar-refractivity contribution is -0.153. The SMILES string of the molecule is CC1CCCN(C(N)=NCc2cccc(OCC(F)(F)F)c2)C1.I. The van der Waals surface area contributed by atoms with E-state index in [1.165, 1.54) is 12.5 Å². The molecule has 4 nitrogen and oxygen atoms in total. The Morgan fingerprint density at radius 3 is 2.83 bits per heavy atom. The summed E-state index contributed by atoms with van der Waals surface area (Å²) in [5.74, 6) is 1.26. The fourth-order valence-corrected chi connectivity index (χ4v) is 2.57. The molecule has 0 amide bonds. The van der Waals surface area contributed by atoms with Gasteiger partial charge in [-0.1, -0.05) is 19.1 Å². The van der Waals surface area contributed by atoms with Crippen molar-refractivity contribution in [2.24, 2.45) is 16.6 Å². The molecule has 2 rings (SSSR count). The highest BCUT2D eigenvalue weighted by Gasteiger charge is 2.28. The highest BCUT2D eigenvalue weighted by molar-refractivity contribution is 14.0. The summed E-state index contributed by atoms with van der Waals surface area (Å²) in [5, 5.41) is 0. The number of piperidine rings is 1. The van der Waals surface area contributed by atoms with Gasteiger partial charge < -0.3 is 15.4 Å². The summed E-state index contributed by atoms with van der Waals surface area (Å²) in [6, 6.07) is 6.49. The molecule has 1 fully saturated rings. The van der Waals surface area contributed by atoms with Crippen molar-refractivity contribution in [3.63, 3.8) is 0 Å². The van der Waals surface area contributed by atoms with E-state index in [0.717, 1.165) is 25.1 Å². The van der Waals surface area contributed by atoms with Crippen molar-refractivity contribution in [1.82, 2.24) is 4.90 Å². The van der Waals surface area contributed by atoms with Crippen molar-refractivity contribution in [2.75, 3.05) is 19.7 Å². The largest absolute Gasteiger partial charge is 0.484 e. The second-order valence-corrected chi connectivity index (χ2v) is 5.92. The number of likely N-dealkylation sites (tertiary alicyclic amines) is 1. The van der Waals surface area contributed by atoms with Crippen molar-refractivity contribution < 1.29 is 17.9 Å². The molecule has 1 aliphatic heterocycles. The molecular formula is C16H23F3IN3O. The topological polar surface area (TPSA) is 50.8 Å². The third-order valence-corrected chi connectivity index (χ3v) is 3.71. The Labute approximate surface area is 157 Å². The van der Waals surface area contributed by atoms with Gasteiger partial charge in [0.15, 0.2) is 12.6 Å². The van der Waals surface area contributed by atoms with Crippen LogP contribution in [0.2, 0.25) is 0 Å². The van der Waals surface area contributed by atoms with E-state index in [1.807, 2.05) is 0 Å². The van der Waals surface area contributed by atoms with Crippen LogP contribution in [0.5, 0.6) is 5.75 Å². The Balaban J connectivity index is 0.00000288. The monoisotopic (exact) mass is 457 g/mol. The number of hydrogen-bond acceptors (Lipinski definition) is 2. The second-order valence-electron chi connectivity index (χ2n) is 5.92. The van der Waals surface area contributed by atoms with Crippen LogP contribution in [-0.4, -0.2) is 36.7 Å². The zero-order valence-corrected chi connectivity index (χ0v) is 15.9. The lowest BCUT2D eigenvalue weighted by Crippen LogP contribution is -2.43. The molecule has 0 radical (unpaired) electrons. The average molecular weight is 457 g/mol. The summed E-state index contributed by atoms with van der Waals surface area (Å²) < 4.78 is 41.2. The van der Waals surface area contributed by atoms with E-state index in [1.54, 1.807) is 18.2 Å². The predicted octanol–water partition coefficient (Wildman–Crippen LogP) is 3.79. The van der Waals surface area contributed by atoms with Gasteiger partial charge in [-0.25, -0.2) is 4.99 Å². The molecule has 1 atom stereocenters.